The molecule has 0 bridgehead atoms. The van der Waals surface area contributed by atoms with Gasteiger partial charge in [0.25, 0.3) is 11.5 Å². The van der Waals surface area contributed by atoms with E-state index in [1.54, 1.807) is 37.3 Å². The highest BCUT2D eigenvalue weighted by atomic mass is 32.2. The second-order valence-corrected chi connectivity index (χ2v) is 11.0. The third-order valence-corrected chi connectivity index (χ3v) is 8.20. The van der Waals surface area contributed by atoms with Gasteiger partial charge in [0.2, 0.25) is 0 Å². The number of aryl methyl sites for hydroxylation is 1. The Morgan fingerprint density at radius 3 is 2.52 bits per heavy atom. The minimum absolute atomic E-state index is 0.266. The molecule has 0 N–H and O–H groups in total. The van der Waals surface area contributed by atoms with Gasteiger partial charge in [0.05, 0.1) is 30.7 Å². The summed E-state index contributed by atoms with van der Waals surface area (Å²) >= 11 is 6.71. The number of piperazine rings is 1. The number of amides is 2. The number of benzene rings is 1. The van der Waals surface area contributed by atoms with E-state index in [9.17, 15) is 14.4 Å². The molecule has 208 valence electrons. The molecule has 0 unspecified atom stereocenters. The van der Waals surface area contributed by atoms with Gasteiger partial charge in [-0.2, -0.15) is 0 Å². The summed E-state index contributed by atoms with van der Waals surface area (Å²) < 4.78 is 12.3. The van der Waals surface area contributed by atoms with Gasteiger partial charge in [0, 0.05) is 32.4 Å². The number of pyridine rings is 1. The highest BCUT2D eigenvalue weighted by molar-refractivity contribution is 8.26. The van der Waals surface area contributed by atoms with E-state index >= 15 is 0 Å². The predicted molar refractivity (Wildman–Crippen MR) is 159 cm³/mol. The largest absolute Gasteiger partial charge is 0.497 e. The monoisotopic (exact) mass is 579 g/mol. The minimum atomic E-state index is -0.356. The summed E-state index contributed by atoms with van der Waals surface area (Å²) in [5.74, 6) is 0.935. The van der Waals surface area contributed by atoms with Crippen LogP contribution >= 0.6 is 24.0 Å². The SMILES string of the molecule is CCOC(=O)N1CCN(c2nc3c(C)cccn3c(=O)c2/C=C2/SC(=S)N(Cc3ccc(OC)cc3)C2=O)CC1. The lowest BCUT2D eigenvalue weighted by molar-refractivity contribution is -0.122. The molecule has 40 heavy (non-hydrogen) atoms. The number of methoxy groups -OCH3 is 1. The number of thioether (sulfide) groups is 1. The molecule has 2 aromatic heterocycles. The molecule has 10 nitrogen and oxygen atoms in total. The first-order chi connectivity index (χ1) is 19.3. The van der Waals surface area contributed by atoms with Crippen LogP contribution in [0.4, 0.5) is 10.6 Å². The summed E-state index contributed by atoms with van der Waals surface area (Å²) in [7, 11) is 1.60. The van der Waals surface area contributed by atoms with Gasteiger partial charge in [-0.25, -0.2) is 9.78 Å². The molecule has 4 heterocycles. The summed E-state index contributed by atoms with van der Waals surface area (Å²) in [5.41, 5.74) is 2.32. The van der Waals surface area contributed by atoms with Gasteiger partial charge in [-0.1, -0.05) is 42.2 Å². The Labute approximate surface area is 241 Å². The Morgan fingerprint density at radius 1 is 1.12 bits per heavy atom. The molecule has 12 heteroatoms. The quantitative estimate of drug-likeness (QED) is 0.320. The van der Waals surface area contributed by atoms with Crippen LogP contribution in [0, 0.1) is 6.92 Å². The number of hydrogen-bond donors (Lipinski definition) is 0. The minimum Gasteiger partial charge on any atom is -0.497 e. The zero-order valence-electron chi connectivity index (χ0n) is 22.5. The van der Waals surface area contributed by atoms with Crippen LogP contribution in [0.5, 0.6) is 5.75 Å². The van der Waals surface area contributed by atoms with Crippen LogP contribution in [0.3, 0.4) is 0 Å². The van der Waals surface area contributed by atoms with E-state index < -0.39 is 0 Å². The van der Waals surface area contributed by atoms with Crippen molar-refractivity contribution in [3.05, 3.63) is 74.5 Å². The molecule has 2 fully saturated rings. The highest BCUT2D eigenvalue weighted by Gasteiger charge is 2.33. The predicted octanol–water partition coefficient (Wildman–Crippen LogP) is 3.69. The fourth-order valence-electron chi connectivity index (χ4n) is 4.66. The summed E-state index contributed by atoms with van der Waals surface area (Å²) in [4.78, 5) is 49.9. The maximum atomic E-state index is 13.8. The van der Waals surface area contributed by atoms with Crippen molar-refractivity contribution in [1.29, 1.82) is 0 Å². The van der Waals surface area contributed by atoms with Crippen LogP contribution in [-0.2, 0) is 16.1 Å². The van der Waals surface area contributed by atoms with E-state index in [1.807, 2.05) is 42.2 Å². The Balaban J connectivity index is 1.49. The Bertz CT molecular complexity index is 1560. The van der Waals surface area contributed by atoms with Crippen LogP contribution in [0.25, 0.3) is 11.7 Å². The van der Waals surface area contributed by atoms with E-state index in [0.29, 0.717) is 65.6 Å². The average Bonchev–Trinajstić information content (AvgIpc) is 3.22. The molecule has 5 rings (SSSR count). The van der Waals surface area contributed by atoms with Gasteiger partial charge in [-0.15, -0.1) is 0 Å². The molecular weight excluding hydrogens is 550 g/mol. The molecular formula is C28H29N5O5S2. The maximum absolute atomic E-state index is 13.8. The molecule has 0 radical (unpaired) electrons. The number of carbonyl (C=O) groups excluding carboxylic acids is 2. The lowest BCUT2D eigenvalue weighted by atomic mass is 10.2. The first-order valence-corrected chi connectivity index (χ1v) is 14.1. The number of ether oxygens (including phenoxy) is 2. The number of rotatable bonds is 6. The number of thiocarbonyl (C=S) groups is 1. The van der Waals surface area contributed by atoms with Crippen molar-refractivity contribution in [1.82, 2.24) is 19.2 Å². The lowest BCUT2D eigenvalue weighted by Gasteiger charge is -2.35. The summed E-state index contributed by atoms with van der Waals surface area (Å²) in [6.07, 6.45) is 2.92. The second-order valence-electron chi connectivity index (χ2n) is 9.33. The van der Waals surface area contributed by atoms with Gasteiger partial charge in [-0.05, 0) is 49.2 Å². The molecule has 1 aromatic carbocycles. The number of carbonyl (C=O) groups is 2. The zero-order chi connectivity index (χ0) is 28.4. The van der Waals surface area contributed by atoms with Crippen LogP contribution in [-0.4, -0.2) is 75.4 Å². The molecule has 0 spiro atoms. The number of aromatic nitrogens is 2. The van der Waals surface area contributed by atoms with Crippen molar-refractivity contribution in [2.45, 2.75) is 20.4 Å². The number of anilines is 1. The fourth-order valence-corrected chi connectivity index (χ4v) is 5.90. The van der Waals surface area contributed by atoms with Crippen LogP contribution in [0.1, 0.15) is 23.6 Å². The van der Waals surface area contributed by atoms with Crippen LogP contribution in [0.15, 0.2) is 52.3 Å². The Kier molecular flexibility index (Phi) is 8.08. The third-order valence-electron chi connectivity index (χ3n) is 6.82. The molecule has 0 atom stereocenters. The number of nitrogens with zero attached hydrogens (tertiary/aromatic N) is 5. The first kappa shape index (κ1) is 27.7. The molecule has 0 aliphatic carbocycles. The van der Waals surface area contributed by atoms with Crippen molar-refractivity contribution in [3.63, 3.8) is 0 Å². The van der Waals surface area contributed by atoms with E-state index in [0.717, 1.165) is 16.9 Å². The van der Waals surface area contributed by atoms with Crippen molar-refractivity contribution in [2.24, 2.45) is 0 Å². The van der Waals surface area contributed by atoms with Crippen LogP contribution < -0.4 is 15.2 Å². The van der Waals surface area contributed by atoms with Crippen molar-refractivity contribution in [3.8, 4) is 5.75 Å². The zero-order valence-corrected chi connectivity index (χ0v) is 24.1. The van der Waals surface area contributed by atoms with E-state index in [4.69, 9.17) is 26.7 Å². The molecule has 2 aliphatic heterocycles. The maximum Gasteiger partial charge on any atom is 0.409 e. The van der Waals surface area contributed by atoms with Gasteiger partial charge >= 0.3 is 6.09 Å². The van der Waals surface area contributed by atoms with E-state index in [-0.39, 0.29) is 17.6 Å². The number of hydrogen-bond acceptors (Lipinski definition) is 9. The summed E-state index contributed by atoms with van der Waals surface area (Å²) in [6.45, 7) is 6.07. The van der Waals surface area contributed by atoms with Gasteiger partial charge in [0.1, 0.15) is 21.5 Å². The molecule has 2 aliphatic rings. The average molecular weight is 580 g/mol. The van der Waals surface area contributed by atoms with Gasteiger partial charge in [0.15, 0.2) is 0 Å². The Hall–Kier alpha value is -3.90. The summed E-state index contributed by atoms with van der Waals surface area (Å²) in [5, 5.41) is 0. The number of fused-ring (bicyclic) bond motifs is 1. The first-order valence-electron chi connectivity index (χ1n) is 12.9. The van der Waals surface area contributed by atoms with E-state index in [1.165, 1.54) is 21.1 Å². The molecule has 0 saturated carbocycles. The molecule has 2 saturated heterocycles. The van der Waals surface area contributed by atoms with E-state index in [2.05, 4.69) is 0 Å². The standard InChI is InChI=1S/C28H29N5O5S2/c1-4-38-27(36)31-14-12-30(13-15-31)24-21(25(34)32-11-5-6-18(2)23(32)29-24)16-22-26(35)33(28(39)40-22)17-19-7-9-20(37-3)10-8-19/h5-11,16H,4,12-15,17H2,1-3H3/b22-16+. The van der Waals surface area contributed by atoms with Crippen LogP contribution in [0.2, 0.25) is 0 Å². The van der Waals surface area contributed by atoms with Gasteiger partial charge < -0.3 is 19.3 Å². The van der Waals surface area contributed by atoms with Crippen molar-refractivity contribution >= 4 is 57.8 Å². The van der Waals surface area contributed by atoms with Crippen molar-refractivity contribution in [2.75, 3.05) is 44.8 Å². The van der Waals surface area contributed by atoms with Crippen molar-refractivity contribution < 1.29 is 19.1 Å². The fraction of sp³-hybridized carbons (Fsp3) is 0.321. The molecule has 3 aromatic rings. The topological polar surface area (TPSA) is 96.7 Å². The lowest BCUT2D eigenvalue weighted by Crippen LogP contribution is -2.49. The highest BCUT2D eigenvalue weighted by Crippen LogP contribution is 2.35. The van der Waals surface area contributed by atoms with Gasteiger partial charge in [-0.3, -0.25) is 18.9 Å². The Morgan fingerprint density at radius 2 is 1.85 bits per heavy atom. The third kappa shape index (κ3) is 5.41. The summed E-state index contributed by atoms with van der Waals surface area (Å²) in [6, 6.07) is 11.1. The normalized spacial score (nSPS) is 16.8. The molecule has 2 amide bonds. The second kappa shape index (κ2) is 11.7. The smallest absolute Gasteiger partial charge is 0.409 e.